The number of nitrogens with one attached hydrogen (secondary N) is 1. The van der Waals surface area contributed by atoms with E-state index in [-0.39, 0.29) is 17.2 Å². The number of nitrogens with two attached hydrogens (primary N) is 1. The third kappa shape index (κ3) is 3.25. The Kier molecular flexibility index (Phi) is 4.64. The zero-order chi connectivity index (χ0) is 18.8. The van der Waals surface area contributed by atoms with Gasteiger partial charge in [-0.1, -0.05) is 11.3 Å². The molecule has 0 unspecified atom stereocenters. The summed E-state index contributed by atoms with van der Waals surface area (Å²) in [5.41, 5.74) is 8.58. The van der Waals surface area contributed by atoms with Gasteiger partial charge in [-0.25, -0.2) is 14.5 Å². The highest BCUT2D eigenvalue weighted by atomic mass is 32.1. The van der Waals surface area contributed by atoms with Crippen LogP contribution < -0.4 is 11.1 Å². The fourth-order valence-electron chi connectivity index (χ4n) is 2.62. The van der Waals surface area contributed by atoms with Crippen molar-refractivity contribution in [1.82, 2.24) is 19.6 Å². The molecule has 0 aromatic carbocycles. The first kappa shape index (κ1) is 17.5. The van der Waals surface area contributed by atoms with Crippen LogP contribution in [-0.4, -0.2) is 31.4 Å². The van der Waals surface area contributed by atoms with E-state index in [1.165, 1.54) is 12.4 Å². The number of aromatic nitrogens is 4. The maximum absolute atomic E-state index is 12.2. The van der Waals surface area contributed by atoms with Gasteiger partial charge in [-0.05, 0) is 25.8 Å². The predicted octanol–water partition coefficient (Wildman–Crippen LogP) is 1.34. The first-order chi connectivity index (χ1) is 12.4. The number of nitriles is 1. The van der Waals surface area contributed by atoms with E-state index in [0.717, 1.165) is 28.3 Å². The third-order valence-corrected chi connectivity index (χ3v) is 4.85. The minimum atomic E-state index is -0.579. The summed E-state index contributed by atoms with van der Waals surface area (Å²) in [6, 6.07) is 2.06. The maximum Gasteiger partial charge on any atom is 0.260 e. The van der Waals surface area contributed by atoms with E-state index < -0.39 is 5.91 Å². The van der Waals surface area contributed by atoms with Gasteiger partial charge in [0.05, 0.1) is 12.4 Å². The van der Waals surface area contributed by atoms with Crippen LogP contribution in [0.5, 0.6) is 0 Å². The van der Waals surface area contributed by atoms with Crippen molar-refractivity contribution in [1.29, 1.82) is 5.26 Å². The summed E-state index contributed by atoms with van der Waals surface area (Å²) in [7, 11) is 0. The van der Waals surface area contributed by atoms with E-state index in [4.69, 9.17) is 11.0 Å². The molecule has 0 aliphatic carbocycles. The molecule has 3 aromatic rings. The molecule has 0 saturated heterocycles. The molecular weight excluding hydrogens is 354 g/mol. The first-order valence-electron chi connectivity index (χ1n) is 7.70. The van der Waals surface area contributed by atoms with Gasteiger partial charge < -0.3 is 11.1 Å². The fourth-order valence-corrected chi connectivity index (χ4v) is 3.30. The van der Waals surface area contributed by atoms with Crippen molar-refractivity contribution in [2.75, 3.05) is 5.32 Å². The van der Waals surface area contributed by atoms with Gasteiger partial charge in [-0.2, -0.15) is 10.4 Å². The number of amides is 2. The Morgan fingerprint density at radius 3 is 2.81 bits per heavy atom. The Morgan fingerprint density at radius 1 is 1.38 bits per heavy atom. The van der Waals surface area contributed by atoms with Gasteiger partial charge in [0.15, 0.2) is 10.8 Å². The standard InChI is InChI=1S/C16H15N7O2S/c1-8-11(9(2)23-15(21-8)10(5-17)6-20-23)3-4-13(24)22-16-19-7-12(26-16)14(18)25/h6-7H,3-4H2,1-2H3,(H2,18,25)(H,19,22,24). The number of primary amides is 1. The van der Waals surface area contributed by atoms with Gasteiger partial charge in [0.1, 0.15) is 16.5 Å². The highest BCUT2D eigenvalue weighted by Crippen LogP contribution is 2.20. The van der Waals surface area contributed by atoms with Crippen LogP contribution in [0.15, 0.2) is 12.4 Å². The molecule has 10 heteroatoms. The highest BCUT2D eigenvalue weighted by molar-refractivity contribution is 7.17. The second-order valence-corrected chi connectivity index (χ2v) is 6.64. The predicted molar refractivity (Wildman–Crippen MR) is 94.8 cm³/mol. The van der Waals surface area contributed by atoms with Crippen molar-refractivity contribution in [2.45, 2.75) is 26.7 Å². The smallest absolute Gasteiger partial charge is 0.260 e. The lowest BCUT2D eigenvalue weighted by atomic mass is 10.1. The van der Waals surface area contributed by atoms with Gasteiger partial charge in [0.2, 0.25) is 5.91 Å². The second kappa shape index (κ2) is 6.89. The van der Waals surface area contributed by atoms with E-state index in [9.17, 15) is 9.59 Å². The SMILES string of the molecule is Cc1nc2c(C#N)cnn2c(C)c1CCC(=O)Nc1ncc(C(N)=O)s1. The fraction of sp³-hybridized carbons (Fsp3) is 0.250. The van der Waals surface area contributed by atoms with Crippen molar-refractivity contribution in [3.63, 3.8) is 0 Å². The van der Waals surface area contributed by atoms with E-state index in [1.54, 1.807) is 4.52 Å². The monoisotopic (exact) mass is 369 g/mol. The Morgan fingerprint density at radius 2 is 2.15 bits per heavy atom. The zero-order valence-electron chi connectivity index (χ0n) is 14.1. The number of carbonyl (C=O) groups is 2. The number of hydrogen-bond donors (Lipinski definition) is 2. The van der Waals surface area contributed by atoms with E-state index in [1.807, 2.05) is 13.8 Å². The van der Waals surface area contributed by atoms with Crippen molar-refractivity contribution in [3.8, 4) is 6.07 Å². The largest absolute Gasteiger partial charge is 0.365 e. The lowest BCUT2D eigenvalue weighted by molar-refractivity contribution is -0.116. The number of rotatable bonds is 5. The van der Waals surface area contributed by atoms with Crippen molar-refractivity contribution in [3.05, 3.63) is 39.8 Å². The average Bonchev–Trinajstić information content (AvgIpc) is 3.21. The highest BCUT2D eigenvalue weighted by Gasteiger charge is 2.15. The molecule has 3 rings (SSSR count). The van der Waals surface area contributed by atoms with Crippen LogP contribution in [0.3, 0.4) is 0 Å². The third-order valence-electron chi connectivity index (χ3n) is 3.93. The number of nitrogens with zero attached hydrogens (tertiary/aromatic N) is 5. The molecule has 0 aliphatic heterocycles. The molecule has 9 nitrogen and oxygen atoms in total. The number of aryl methyl sites for hydroxylation is 2. The molecule has 3 N–H and O–H groups in total. The van der Waals surface area contributed by atoms with Crippen LogP contribution in [0, 0.1) is 25.2 Å². The molecule has 3 aromatic heterocycles. The molecule has 3 heterocycles. The van der Waals surface area contributed by atoms with Crippen molar-refractivity contribution >= 4 is 33.9 Å². The summed E-state index contributed by atoms with van der Waals surface area (Å²) in [4.78, 5) is 31.9. The minimum absolute atomic E-state index is 0.215. The first-order valence-corrected chi connectivity index (χ1v) is 8.51. The molecule has 0 radical (unpaired) electrons. The maximum atomic E-state index is 12.2. The molecule has 0 saturated carbocycles. The Bertz CT molecular complexity index is 1060. The number of fused-ring (bicyclic) bond motifs is 1. The molecule has 0 atom stereocenters. The average molecular weight is 369 g/mol. The van der Waals surface area contributed by atoms with Gasteiger partial charge in [0.25, 0.3) is 5.91 Å². The summed E-state index contributed by atoms with van der Waals surface area (Å²) in [5.74, 6) is -0.808. The summed E-state index contributed by atoms with van der Waals surface area (Å²) >= 11 is 1.03. The normalized spacial score (nSPS) is 10.7. The molecule has 26 heavy (non-hydrogen) atoms. The summed E-state index contributed by atoms with van der Waals surface area (Å²) in [6.45, 7) is 3.72. The molecule has 0 bridgehead atoms. The molecule has 0 aliphatic rings. The summed E-state index contributed by atoms with van der Waals surface area (Å²) in [5, 5.41) is 16.3. The van der Waals surface area contributed by atoms with Gasteiger partial charge in [-0.3, -0.25) is 9.59 Å². The van der Waals surface area contributed by atoms with E-state index in [0.29, 0.717) is 22.8 Å². The minimum Gasteiger partial charge on any atom is -0.365 e. The quantitative estimate of drug-likeness (QED) is 0.696. The Labute approximate surface area is 152 Å². The number of carbonyl (C=O) groups excluding carboxylic acids is 2. The zero-order valence-corrected chi connectivity index (χ0v) is 14.9. The number of anilines is 1. The van der Waals surface area contributed by atoms with Gasteiger partial charge in [-0.15, -0.1) is 0 Å². The topological polar surface area (TPSA) is 139 Å². The van der Waals surface area contributed by atoms with Crippen LogP contribution in [0.2, 0.25) is 0 Å². The lowest BCUT2D eigenvalue weighted by Gasteiger charge is -2.10. The van der Waals surface area contributed by atoms with Crippen LogP contribution in [-0.2, 0) is 11.2 Å². The van der Waals surface area contributed by atoms with Crippen LogP contribution >= 0.6 is 11.3 Å². The summed E-state index contributed by atoms with van der Waals surface area (Å²) in [6.07, 6.45) is 3.48. The lowest BCUT2D eigenvalue weighted by Crippen LogP contribution is -2.14. The van der Waals surface area contributed by atoms with Crippen molar-refractivity contribution in [2.24, 2.45) is 5.73 Å². The molecule has 0 fully saturated rings. The second-order valence-electron chi connectivity index (χ2n) is 5.61. The molecule has 0 spiro atoms. The molecule has 2 amide bonds. The molecule has 132 valence electrons. The Hall–Kier alpha value is -3.32. The van der Waals surface area contributed by atoms with E-state index >= 15 is 0 Å². The Balaban J connectivity index is 1.73. The van der Waals surface area contributed by atoms with Gasteiger partial charge >= 0.3 is 0 Å². The van der Waals surface area contributed by atoms with E-state index in [2.05, 4.69) is 26.5 Å². The van der Waals surface area contributed by atoms with Crippen LogP contribution in [0.4, 0.5) is 5.13 Å². The molecular formula is C16H15N7O2S. The van der Waals surface area contributed by atoms with Crippen molar-refractivity contribution < 1.29 is 9.59 Å². The van der Waals surface area contributed by atoms with Gasteiger partial charge in [0, 0.05) is 17.8 Å². The number of hydrogen-bond acceptors (Lipinski definition) is 7. The summed E-state index contributed by atoms with van der Waals surface area (Å²) < 4.78 is 1.61. The number of thiazole rings is 1. The van der Waals surface area contributed by atoms with Crippen LogP contribution in [0.25, 0.3) is 5.65 Å². The van der Waals surface area contributed by atoms with Crippen LogP contribution in [0.1, 0.15) is 38.6 Å².